The third-order valence-corrected chi connectivity index (χ3v) is 1.94. The summed E-state index contributed by atoms with van der Waals surface area (Å²) in [7, 11) is 0. The van der Waals surface area contributed by atoms with Crippen LogP contribution in [0, 0.1) is 11.3 Å². The molecule has 8 N–H and O–H groups in total. The molecule has 0 saturated carbocycles. The van der Waals surface area contributed by atoms with Crippen LogP contribution in [0.2, 0.25) is 0 Å². The Bertz CT molecular complexity index is 218. The topological polar surface area (TPSA) is 131 Å². The molecule has 6 nitrogen and oxygen atoms in total. The number of hydrogen-bond donors (Lipinski definition) is 5. The summed E-state index contributed by atoms with van der Waals surface area (Å²) in [6.45, 7) is 6.93. The maximum atomic E-state index is 10.3. The molecule has 0 rings (SSSR count). The van der Waals surface area contributed by atoms with Crippen molar-refractivity contribution in [2.45, 2.75) is 46.1 Å². The summed E-state index contributed by atoms with van der Waals surface area (Å²) in [6, 6.07) is -0.468. The molecular formula is C11H27N5O. The Hall–Kier alpha value is -1.30. The zero-order chi connectivity index (χ0) is 13.8. The van der Waals surface area contributed by atoms with Crippen LogP contribution in [0.25, 0.3) is 0 Å². The molecule has 0 aromatic heterocycles. The van der Waals surface area contributed by atoms with Crippen LogP contribution >= 0.6 is 0 Å². The van der Waals surface area contributed by atoms with Gasteiger partial charge in [0.25, 0.3) is 0 Å². The Kier molecular flexibility index (Phi) is 11.9. The Morgan fingerprint density at radius 1 is 1.35 bits per heavy atom. The van der Waals surface area contributed by atoms with Gasteiger partial charge in [-0.05, 0) is 18.8 Å². The molecule has 102 valence electrons. The molecule has 0 spiro atoms. The zero-order valence-corrected chi connectivity index (χ0v) is 11.1. The van der Waals surface area contributed by atoms with Crippen LogP contribution in [0.1, 0.15) is 40.0 Å². The fraction of sp³-hybridized carbons (Fsp3) is 0.818. The molecule has 6 heteroatoms. The van der Waals surface area contributed by atoms with Crippen LogP contribution in [0.5, 0.6) is 0 Å². The summed E-state index contributed by atoms with van der Waals surface area (Å²) in [6.07, 6.45) is 2.90. The van der Waals surface area contributed by atoms with Crippen molar-refractivity contribution >= 4 is 11.9 Å². The molecule has 0 heterocycles. The van der Waals surface area contributed by atoms with E-state index in [0.717, 1.165) is 19.4 Å². The fourth-order valence-corrected chi connectivity index (χ4v) is 1.02. The van der Waals surface area contributed by atoms with Crippen molar-refractivity contribution in [2.24, 2.45) is 23.1 Å². The third-order valence-electron chi connectivity index (χ3n) is 1.94. The first-order valence-corrected chi connectivity index (χ1v) is 5.94. The lowest BCUT2D eigenvalue weighted by molar-refractivity contribution is -0.119. The van der Waals surface area contributed by atoms with E-state index in [1.807, 2.05) is 13.8 Å². The third kappa shape index (κ3) is 17.3. The van der Waals surface area contributed by atoms with E-state index in [1.165, 1.54) is 0 Å². The average Bonchev–Trinajstić information content (AvgIpc) is 2.17. The number of hydrogen-bond acceptors (Lipinski definition) is 3. The number of nitrogens with one attached hydrogen (secondary N) is 2. The summed E-state index contributed by atoms with van der Waals surface area (Å²) in [5, 5.41) is 9.45. The second kappa shape index (κ2) is 11.2. The fourth-order valence-electron chi connectivity index (χ4n) is 1.02. The molecular weight excluding hydrogens is 218 g/mol. The van der Waals surface area contributed by atoms with Gasteiger partial charge in [0.1, 0.15) is 0 Å². The molecule has 0 aromatic carbocycles. The van der Waals surface area contributed by atoms with E-state index in [4.69, 9.17) is 22.6 Å². The molecule has 0 radical (unpaired) electrons. The highest BCUT2D eigenvalue weighted by molar-refractivity contribution is 5.79. The van der Waals surface area contributed by atoms with Crippen LogP contribution < -0.4 is 22.5 Å². The quantitative estimate of drug-likeness (QED) is 0.258. The summed E-state index contributed by atoms with van der Waals surface area (Å²) >= 11 is 0. The maximum Gasteiger partial charge on any atom is 0.234 e. The SMILES string of the molecule is CC(C)C[C@H](N)C(N)=O.CCCCNC(=N)N. The van der Waals surface area contributed by atoms with Gasteiger partial charge in [-0.2, -0.15) is 0 Å². The van der Waals surface area contributed by atoms with E-state index < -0.39 is 11.9 Å². The summed E-state index contributed by atoms with van der Waals surface area (Å²) in [4.78, 5) is 10.3. The predicted molar refractivity (Wildman–Crippen MR) is 71.4 cm³/mol. The molecule has 0 saturated heterocycles. The maximum absolute atomic E-state index is 10.3. The molecule has 0 bridgehead atoms. The van der Waals surface area contributed by atoms with Crippen molar-refractivity contribution in [1.29, 1.82) is 5.41 Å². The molecule has 0 aliphatic heterocycles. The van der Waals surface area contributed by atoms with Gasteiger partial charge in [0.15, 0.2) is 5.96 Å². The van der Waals surface area contributed by atoms with E-state index in [9.17, 15) is 4.79 Å². The minimum absolute atomic E-state index is 0.0680. The number of carbonyl (C=O) groups is 1. The highest BCUT2D eigenvalue weighted by Crippen LogP contribution is 2.00. The highest BCUT2D eigenvalue weighted by Gasteiger charge is 2.09. The zero-order valence-electron chi connectivity index (χ0n) is 11.1. The standard InChI is InChI=1S/C6H14N2O.C5H13N3/c1-4(2)3-5(7)6(8)9;1-2-3-4-8-5(6)7/h4-5H,3,7H2,1-2H3,(H2,8,9);2-4H2,1H3,(H4,6,7,8)/t5-;/m0./s1. The molecule has 0 aliphatic rings. The van der Waals surface area contributed by atoms with Gasteiger partial charge in [-0.25, -0.2) is 0 Å². The lowest BCUT2D eigenvalue weighted by atomic mass is 10.0. The monoisotopic (exact) mass is 245 g/mol. The average molecular weight is 245 g/mol. The summed E-state index contributed by atoms with van der Waals surface area (Å²) in [5.41, 5.74) is 15.3. The number of carbonyl (C=O) groups excluding carboxylic acids is 1. The van der Waals surface area contributed by atoms with E-state index in [0.29, 0.717) is 12.3 Å². The van der Waals surface area contributed by atoms with Crippen LogP contribution in [0.15, 0.2) is 0 Å². The number of rotatable bonds is 6. The van der Waals surface area contributed by atoms with Crippen molar-refractivity contribution < 1.29 is 4.79 Å². The molecule has 17 heavy (non-hydrogen) atoms. The van der Waals surface area contributed by atoms with Crippen LogP contribution in [-0.2, 0) is 4.79 Å². The smallest absolute Gasteiger partial charge is 0.234 e. The minimum Gasteiger partial charge on any atom is -0.370 e. The minimum atomic E-state index is -0.468. The Morgan fingerprint density at radius 3 is 2.12 bits per heavy atom. The Balaban J connectivity index is 0. The van der Waals surface area contributed by atoms with Gasteiger partial charge in [-0.15, -0.1) is 0 Å². The molecule has 1 amide bonds. The van der Waals surface area contributed by atoms with Gasteiger partial charge in [0.2, 0.25) is 5.91 Å². The molecule has 0 aliphatic carbocycles. The van der Waals surface area contributed by atoms with Crippen LogP contribution in [0.3, 0.4) is 0 Å². The molecule has 0 aromatic rings. The van der Waals surface area contributed by atoms with Crippen LogP contribution in [0.4, 0.5) is 0 Å². The molecule has 0 fully saturated rings. The number of unbranched alkanes of at least 4 members (excludes halogenated alkanes) is 1. The predicted octanol–water partition coefficient (Wildman–Crippen LogP) is 0.115. The van der Waals surface area contributed by atoms with Gasteiger partial charge in [0, 0.05) is 6.54 Å². The van der Waals surface area contributed by atoms with Crippen molar-refractivity contribution in [2.75, 3.05) is 6.54 Å². The molecule has 1 atom stereocenters. The first-order valence-electron chi connectivity index (χ1n) is 5.94. The van der Waals surface area contributed by atoms with E-state index in [1.54, 1.807) is 0 Å². The highest BCUT2D eigenvalue weighted by atomic mass is 16.1. The largest absolute Gasteiger partial charge is 0.370 e. The van der Waals surface area contributed by atoms with Gasteiger partial charge in [-0.3, -0.25) is 10.2 Å². The van der Waals surface area contributed by atoms with Crippen molar-refractivity contribution in [3.05, 3.63) is 0 Å². The van der Waals surface area contributed by atoms with Gasteiger partial charge >= 0.3 is 0 Å². The number of nitrogens with two attached hydrogens (primary N) is 3. The van der Waals surface area contributed by atoms with E-state index in [-0.39, 0.29) is 5.96 Å². The number of guanidine groups is 1. The van der Waals surface area contributed by atoms with Crippen molar-refractivity contribution in [3.8, 4) is 0 Å². The van der Waals surface area contributed by atoms with Crippen molar-refractivity contribution in [3.63, 3.8) is 0 Å². The first-order chi connectivity index (χ1) is 7.81. The van der Waals surface area contributed by atoms with Crippen LogP contribution in [-0.4, -0.2) is 24.5 Å². The number of amides is 1. The van der Waals surface area contributed by atoms with Gasteiger partial charge in [0.05, 0.1) is 6.04 Å². The van der Waals surface area contributed by atoms with E-state index in [2.05, 4.69) is 12.2 Å². The van der Waals surface area contributed by atoms with E-state index >= 15 is 0 Å². The lowest BCUT2D eigenvalue weighted by Gasteiger charge is -2.08. The second-order valence-corrected chi connectivity index (χ2v) is 4.33. The summed E-state index contributed by atoms with van der Waals surface area (Å²) < 4.78 is 0. The Morgan fingerprint density at radius 2 is 1.88 bits per heavy atom. The van der Waals surface area contributed by atoms with Crippen molar-refractivity contribution in [1.82, 2.24) is 5.32 Å². The second-order valence-electron chi connectivity index (χ2n) is 4.33. The lowest BCUT2D eigenvalue weighted by Crippen LogP contribution is -2.37. The Labute approximate surface area is 104 Å². The van der Waals surface area contributed by atoms with Gasteiger partial charge < -0.3 is 22.5 Å². The number of primary amides is 1. The molecule has 0 unspecified atom stereocenters. The summed E-state index contributed by atoms with van der Waals surface area (Å²) in [5.74, 6) is 0.0923. The van der Waals surface area contributed by atoms with Gasteiger partial charge in [-0.1, -0.05) is 27.2 Å². The first kappa shape index (κ1) is 18.1. The normalized spacial score (nSPS) is 11.4.